The number of rotatable bonds is 4. The average molecular weight is 441 g/mol. The lowest BCUT2D eigenvalue weighted by atomic mass is 10.1. The molecule has 2 aromatic carbocycles. The Hall–Kier alpha value is -3.46. The predicted molar refractivity (Wildman–Crippen MR) is 122 cm³/mol. The molecule has 0 bridgehead atoms. The second-order valence-electron chi connectivity index (χ2n) is 7.92. The van der Waals surface area contributed by atoms with Crippen molar-refractivity contribution in [3.05, 3.63) is 63.9 Å². The number of nitrogens with zero attached hydrogens (tertiary/aromatic N) is 2. The predicted octanol–water partition coefficient (Wildman–Crippen LogP) is 2.93. The number of nitrogens with two attached hydrogens (primary N) is 1. The number of hydrogen-bond acceptors (Lipinski definition) is 5. The van der Waals surface area contributed by atoms with Crippen LogP contribution in [-0.4, -0.2) is 36.2 Å². The zero-order valence-electron chi connectivity index (χ0n) is 17.9. The minimum absolute atomic E-state index is 0.0177. The second-order valence-corrected chi connectivity index (χ2v) is 7.92. The van der Waals surface area contributed by atoms with Gasteiger partial charge in [-0.05, 0) is 32.0 Å². The van der Waals surface area contributed by atoms with Gasteiger partial charge < -0.3 is 25.8 Å². The molecule has 7 nitrogen and oxygen atoms in total. The van der Waals surface area contributed by atoms with Crippen LogP contribution in [0.5, 0.6) is 0 Å². The van der Waals surface area contributed by atoms with E-state index >= 15 is 8.78 Å². The standard InChI is InChI=1S/C23H25F2N5O2/c1-3-29-12-15(23(32)28-18-7-5-4-6-17(18)26)22(31)14-10-16(24)21(19(25)20(14)29)30-9-8-27-13(2)11-30/h4-7,10,12-13,27H,3,8-9,11,26H2,1-2H3,(H,28,32). The van der Waals surface area contributed by atoms with Crippen LogP contribution >= 0.6 is 0 Å². The number of amides is 1. The highest BCUT2D eigenvalue weighted by Crippen LogP contribution is 2.31. The SMILES string of the molecule is CCn1cc(C(=O)Nc2ccccc2N)c(=O)c2cc(F)c(N3CCNC(C)C3)c(F)c21. The lowest BCUT2D eigenvalue weighted by molar-refractivity contribution is 0.102. The number of carbonyl (C=O) groups is 1. The summed E-state index contributed by atoms with van der Waals surface area (Å²) in [5.74, 6) is -2.32. The van der Waals surface area contributed by atoms with Gasteiger partial charge in [-0.2, -0.15) is 0 Å². The molecule has 3 aromatic rings. The third-order valence-corrected chi connectivity index (χ3v) is 5.71. The van der Waals surface area contributed by atoms with Crippen molar-refractivity contribution in [3.63, 3.8) is 0 Å². The maximum Gasteiger partial charge on any atom is 0.261 e. The molecule has 1 fully saturated rings. The topological polar surface area (TPSA) is 92.4 Å². The largest absolute Gasteiger partial charge is 0.397 e. The van der Waals surface area contributed by atoms with Gasteiger partial charge >= 0.3 is 0 Å². The Balaban J connectivity index is 1.84. The molecule has 1 aliphatic rings. The lowest BCUT2D eigenvalue weighted by Gasteiger charge is -2.34. The number of para-hydroxylation sites is 2. The van der Waals surface area contributed by atoms with Crippen LogP contribution in [0.15, 0.2) is 41.3 Å². The maximum atomic E-state index is 15.6. The Labute approximate surface area is 183 Å². The van der Waals surface area contributed by atoms with Crippen molar-refractivity contribution in [3.8, 4) is 0 Å². The van der Waals surface area contributed by atoms with Crippen LogP contribution in [0.4, 0.5) is 25.8 Å². The molecule has 1 saturated heterocycles. The van der Waals surface area contributed by atoms with Gasteiger partial charge in [-0.1, -0.05) is 12.1 Å². The van der Waals surface area contributed by atoms with Crippen LogP contribution in [-0.2, 0) is 6.54 Å². The molecule has 9 heteroatoms. The Morgan fingerprint density at radius 3 is 2.75 bits per heavy atom. The average Bonchev–Trinajstić information content (AvgIpc) is 2.76. The molecule has 0 saturated carbocycles. The van der Waals surface area contributed by atoms with E-state index in [0.29, 0.717) is 31.0 Å². The summed E-state index contributed by atoms with van der Waals surface area (Å²) >= 11 is 0. The maximum absolute atomic E-state index is 15.6. The molecular formula is C23H25F2N5O2. The summed E-state index contributed by atoms with van der Waals surface area (Å²) in [5, 5.41) is 5.66. The Morgan fingerprint density at radius 2 is 2.06 bits per heavy atom. The number of nitrogen functional groups attached to an aromatic ring is 1. The third kappa shape index (κ3) is 3.80. The molecule has 4 rings (SSSR count). The van der Waals surface area contributed by atoms with Crippen molar-refractivity contribution in [1.82, 2.24) is 9.88 Å². The minimum atomic E-state index is -0.825. The highest BCUT2D eigenvalue weighted by atomic mass is 19.1. The van der Waals surface area contributed by atoms with Gasteiger partial charge in [0.2, 0.25) is 5.43 Å². The fourth-order valence-corrected chi connectivity index (χ4v) is 4.11. The van der Waals surface area contributed by atoms with E-state index in [-0.39, 0.29) is 34.7 Å². The Morgan fingerprint density at radius 1 is 1.31 bits per heavy atom. The van der Waals surface area contributed by atoms with Crippen molar-refractivity contribution in [2.24, 2.45) is 0 Å². The summed E-state index contributed by atoms with van der Waals surface area (Å²) in [6.07, 6.45) is 1.31. The summed E-state index contributed by atoms with van der Waals surface area (Å²) in [7, 11) is 0. The minimum Gasteiger partial charge on any atom is -0.397 e. The number of hydrogen-bond donors (Lipinski definition) is 3. The van der Waals surface area contributed by atoms with Gasteiger partial charge in [0.1, 0.15) is 17.1 Å². The number of aryl methyl sites for hydroxylation is 1. The van der Waals surface area contributed by atoms with Gasteiger partial charge in [-0.15, -0.1) is 0 Å². The van der Waals surface area contributed by atoms with Crippen molar-refractivity contribution in [1.29, 1.82) is 0 Å². The Bertz CT molecular complexity index is 1260. The molecule has 0 spiro atoms. The summed E-state index contributed by atoms with van der Waals surface area (Å²) in [4.78, 5) is 27.6. The summed E-state index contributed by atoms with van der Waals surface area (Å²) in [5.41, 5.74) is 5.42. The number of benzene rings is 2. The number of pyridine rings is 1. The van der Waals surface area contributed by atoms with Gasteiger partial charge in [0, 0.05) is 38.4 Å². The molecule has 168 valence electrons. The highest BCUT2D eigenvalue weighted by Gasteiger charge is 2.27. The number of piperazine rings is 1. The van der Waals surface area contributed by atoms with Gasteiger partial charge in [0.25, 0.3) is 5.91 Å². The molecule has 0 aliphatic carbocycles. The molecule has 1 amide bonds. The first-order chi connectivity index (χ1) is 15.3. The van der Waals surface area contributed by atoms with Gasteiger partial charge in [-0.3, -0.25) is 9.59 Å². The third-order valence-electron chi connectivity index (χ3n) is 5.71. The van der Waals surface area contributed by atoms with E-state index < -0.39 is 23.0 Å². The first-order valence-corrected chi connectivity index (χ1v) is 10.5. The molecule has 4 N–H and O–H groups in total. The van der Waals surface area contributed by atoms with E-state index in [4.69, 9.17) is 5.73 Å². The Kier molecular flexibility index (Phi) is 5.84. The van der Waals surface area contributed by atoms with Gasteiger partial charge in [0.15, 0.2) is 5.82 Å². The molecular weight excluding hydrogens is 416 g/mol. The number of nitrogens with one attached hydrogen (secondary N) is 2. The van der Waals surface area contributed by atoms with Crippen molar-refractivity contribution >= 4 is 33.9 Å². The molecule has 1 aliphatic heterocycles. The summed E-state index contributed by atoms with van der Waals surface area (Å²) in [6, 6.07) is 7.73. The van der Waals surface area contributed by atoms with Crippen LogP contribution < -0.4 is 26.7 Å². The van der Waals surface area contributed by atoms with Crippen molar-refractivity contribution in [2.45, 2.75) is 26.4 Å². The second kappa shape index (κ2) is 8.58. The van der Waals surface area contributed by atoms with Crippen LogP contribution in [0.2, 0.25) is 0 Å². The quantitative estimate of drug-likeness (QED) is 0.542. The van der Waals surface area contributed by atoms with Crippen LogP contribution in [0.1, 0.15) is 24.2 Å². The van der Waals surface area contributed by atoms with Crippen LogP contribution in [0.25, 0.3) is 10.9 Å². The normalized spacial score (nSPS) is 16.4. The van der Waals surface area contributed by atoms with Gasteiger partial charge in [0.05, 0.1) is 22.3 Å². The lowest BCUT2D eigenvalue weighted by Crippen LogP contribution is -2.49. The van der Waals surface area contributed by atoms with Crippen LogP contribution in [0.3, 0.4) is 0 Å². The molecule has 1 aromatic heterocycles. The summed E-state index contributed by atoms with van der Waals surface area (Å²) < 4.78 is 32.2. The van der Waals surface area contributed by atoms with Crippen molar-refractivity contribution < 1.29 is 13.6 Å². The number of carbonyl (C=O) groups excluding carboxylic acids is 1. The zero-order valence-corrected chi connectivity index (χ0v) is 17.9. The van der Waals surface area contributed by atoms with E-state index in [9.17, 15) is 9.59 Å². The van der Waals surface area contributed by atoms with Crippen molar-refractivity contribution in [2.75, 3.05) is 35.6 Å². The highest BCUT2D eigenvalue weighted by molar-refractivity contribution is 6.07. The molecule has 1 atom stereocenters. The zero-order chi connectivity index (χ0) is 23.0. The number of halogens is 2. The first-order valence-electron chi connectivity index (χ1n) is 10.5. The van der Waals surface area contributed by atoms with Gasteiger partial charge in [-0.25, -0.2) is 8.78 Å². The molecule has 0 radical (unpaired) electrons. The number of fused-ring (bicyclic) bond motifs is 1. The van der Waals surface area contributed by atoms with Crippen LogP contribution in [0, 0.1) is 11.6 Å². The smallest absolute Gasteiger partial charge is 0.261 e. The van der Waals surface area contributed by atoms with E-state index in [1.807, 2.05) is 6.92 Å². The summed E-state index contributed by atoms with van der Waals surface area (Å²) in [6.45, 7) is 5.46. The number of anilines is 3. The molecule has 32 heavy (non-hydrogen) atoms. The monoisotopic (exact) mass is 441 g/mol. The van der Waals surface area contributed by atoms with E-state index in [0.717, 1.165) is 6.07 Å². The van der Waals surface area contributed by atoms with E-state index in [1.54, 1.807) is 36.1 Å². The fraction of sp³-hybridized carbons (Fsp3) is 0.304. The first kappa shape index (κ1) is 21.8. The van der Waals surface area contributed by atoms with E-state index in [2.05, 4.69) is 10.6 Å². The number of aromatic nitrogens is 1. The fourth-order valence-electron chi connectivity index (χ4n) is 4.11. The molecule has 1 unspecified atom stereocenters. The van der Waals surface area contributed by atoms with E-state index in [1.165, 1.54) is 10.8 Å². The molecule has 2 heterocycles.